The summed E-state index contributed by atoms with van der Waals surface area (Å²) in [6.07, 6.45) is 68.9. The molecule has 0 aliphatic carbocycles. The molecule has 1 heterocycles. The van der Waals surface area contributed by atoms with Crippen LogP contribution in [0.15, 0.2) is 0 Å². The van der Waals surface area contributed by atoms with Gasteiger partial charge in [0.05, 0.1) is 25.4 Å². The van der Waals surface area contributed by atoms with Gasteiger partial charge in [-0.3, -0.25) is 4.79 Å². The number of ether oxygens (including phenoxy) is 2. The van der Waals surface area contributed by atoms with Crippen LogP contribution in [0, 0.1) is 0 Å². The van der Waals surface area contributed by atoms with Crippen LogP contribution in [0.25, 0.3) is 0 Å². The van der Waals surface area contributed by atoms with Crippen molar-refractivity contribution in [1.82, 2.24) is 5.32 Å². The van der Waals surface area contributed by atoms with Crippen LogP contribution < -0.4 is 5.32 Å². The summed E-state index contributed by atoms with van der Waals surface area (Å²) in [6.45, 7) is 3.91. The van der Waals surface area contributed by atoms with Gasteiger partial charge in [-0.25, -0.2) is 0 Å². The topological polar surface area (TPSA) is 149 Å². The zero-order chi connectivity index (χ0) is 57.2. The summed E-state index contributed by atoms with van der Waals surface area (Å²) in [5.41, 5.74) is 0. The Labute approximate surface area is 491 Å². The summed E-state index contributed by atoms with van der Waals surface area (Å²) in [5, 5.41) is 55.0. The molecule has 1 fully saturated rings. The van der Waals surface area contributed by atoms with Gasteiger partial charge in [-0.05, 0) is 12.8 Å². The molecule has 7 atom stereocenters. The highest BCUT2D eigenvalue weighted by atomic mass is 16.7. The molecule has 472 valence electrons. The summed E-state index contributed by atoms with van der Waals surface area (Å²) in [5.74, 6) is -0.133. The van der Waals surface area contributed by atoms with Crippen LogP contribution >= 0.6 is 0 Å². The standard InChI is InChI=1S/C70H139NO8/c1-3-5-7-9-11-13-15-17-19-21-23-25-27-29-31-32-33-34-36-38-40-42-44-46-48-50-52-54-56-58-60-66(74)71-63(62-78-70-69(77)68(76)67(75)65(61-72)79-70)64(73)59-57-55-53-51-49-47-45-43-41-39-37-35-30-28-26-24-22-20-18-16-14-12-10-8-6-4-2/h63-65,67-70,72-73,75-77H,3-62H2,1-2H3,(H,71,74). The molecule has 0 aromatic heterocycles. The van der Waals surface area contributed by atoms with Crippen LogP contribution in [0.2, 0.25) is 0 Å². The summed E-state index contributed by atoms with van der Waals surface area (Å²) in [4.78, 5) is 13.2. The van der Waals surface area contributed by atoms with Crippen molar-refractivity contribution >= 4 is 5.91 Å². The highest BCUT2D eigenvalue weighted by Crippen LogP contribution is 2.24. The van der Waals surface area contributed by atoms with Gasteiger partial charge in [0.25, 0.3) is 0 Å². The van der Waals surface area contributed by atoms with Crippen molar-refractivity contribution in [1.29, 1.82) is 0 Å². The molecule has 7 unspecified atom stereocenters. The van der Waals surface area contributed by atoms with E-state index in [4.69, 9.17) is 9.47 Å². The zero-order valence-corrected chi connectivity index (χ0v) is 52.9. The van der Waals surface area contributed by atoms with E-state index < -0.39 is 49.5 Å². The monoisotopic (exact) mass is 1120 g/mol. The molecule has 1 rings (SSSR count). The molecular weight excluding hydrogens is 983 g/mol. The van der Waals surface area contributed by atoms with Crippen molar-refractivity contribution in [2.24, 2.45) is 0 Å². The number of carbonyl (C=O) groups excluding carboxylic acids is 1. The molecule has 0 radical (unpaired) electrons. The maximum atomic E-state index is 13.2. The van der Waals surface area contributed by atoms with Crippen molar-refractivity contribution in [3.8, 4) is 0 Å². The second-order valence-electron chi connectivity index (χ2n) is 25.4. The Morgan fingerprint density at radius 1 is 0.380 bits per heavy atom. The Bertz CT molecular complexity index is 1210. The molecule has 0 saturated carbocycles. The highest BCUT2D eigenvalue weighted by Gasteiger charge is 2.44. The first-order chi connectivity index (χ1) is 38.8. The average Bonchev–Trinajstić information content (AvgIpc) is 3.46. The van der Waals surface area contributed by atoms with Crippen LogP contribution in [-0.2, 0) is 14.3 Å². The molecule has 0 bridgehead atoms. The molecule has 0 spiro atoms. The predicted molar refractivity (Wildman–Crippen MR) is 337 cm³/mol. The van der Waals surface area contributed by atoms with Gasteiger partial charge in [0.15, 0.2) is 6.29 Å². The van der Waals surface area contributed by atoms with Crippen LogP contribution in [0.1, 0.15) is 386 Å². The van der Waals surface area contributed by atoms with Gasteiger partial charge in [0.2, 0.25) is 5.91 Å². The summed E-state index contributed by atoms with van der Waals surface area (Å²) in [7, 11) is 0. The molecular formula is C70H139NO8. The van der Waals surface area contributed by atoms with Crippen LogP contribution in [0.4, 0.5) is 0 Å². The molecule has 9 heteroatoms. The van der Waals surface area contributed by atoms with Gasteiger partial charge in [-0.1, -0.05) is 367 Å². The molecule has 1 amide bonds. The number of hydrogen-bond donors (Lipinski definition) is 6. The third-order valence-corrected chi connectivity index (χ3v) is 17.7. The Morgan fingerprint density at radius 3 is 0.899 bits per heavy atom. The lowest BCUT2D eigenvalue weighted by atomic mass is 9.99. The minimum absolute atomic E-state index is 0.130. The zero-order valence-electron chi connectivity index (χ0n) is 52.9. The number of nitrogens with one attached hydrogen (secondary N) is 1. The Morgan fingerprint density at radius 2 is 0.633 bits per heavy atom. The summed E-state index contributed by atoms with van der Waals surface area (Å²) < 4.78 is 11.4. The van der Waals surface area contributed by atoms with Crippen LogP contribution in [-0.4, -0.2) is 87.5 Å². The summed E-state index contributed by atoms with van der Waals surface area (Å²) in [6, 6.07) is -0.715. The fourth-order valence-electron chi connectivity index (χ4n) is 12.1. The minimum Gasteiger partial charge on any atom is -0.394 e. The first-order valence-corrected chi connectivity index (χ1v) is 35.7. The second-order valence-corrected chi connectivity index (χ2v) is 25.4. The van der Waals surface area contributed by atoms with Crippen molar-refractivity contribution in [3.05, 3.63) is 0 Å². The smallest absolute Gasteiger partial charge is 0.220 e. The fourth-order valence-corrected chi connectivity index (χ4v) is 12.1. The first-order valence-electron chi connectivity index (χ1n) is 35.7. The van der Waals surface area contributed by atoms with E-state index in [9.17, 15) is 30.3 Å². The van der Waals surface area contributed by atoms with Crippen LogP contribution in [0.3, 0.4) is 0 Å². The SMILES string of the molecule is CCCCCCCCCCCCCCCCCCCCCCCCCCCCCCCCC(=O)NC(COC1OC(CO)C(O)C(O)C1O)C(O)CCCCCCCCCCCCCCCCCCCCCCCCCCCC. The van der Waals surface area contributed by atoms with E-state index in [1.165, 1.54) is 321 Å². The largest absolute Gasteiger partial charge is 0.394 e. The van der Waals surface area contributed by atoms with Gasteiger partial charge in [0.1, 0.15) is 24.4 Å². The van der Waals surface area contributed by atoms with Gasteiger partial charge < -0.3 is 40.3 Å². The normalized spacial score (nSPS) is 18.4. The Kier molecular flexibility index (Phi) is 58.2. The number of carbonyl (C=O) groups is 1. The van der Waals surface area contributed by atoms with Crippen LogP contribution in [0.5, 0.6) is 0 Å². The van der Waals surface area contributed by atoms with E-state index in [2.05, 4.69) is 19.2 Å². The number of rotatable bonds is 64. The van der Waals surface area contributed by atoms with Gasteiger partial charge in [-0.2, -0.15) is 0 Å². The lowest BCUT2D eigenvalue weighted by Crippen LogP contribution is -2.60. The van der Waals surface area contributed by atoms with E-state index in [1.807, 2.05) is 0 Å². The molecule has 0 aromatic carbocycles. The molecule has 1 aliphatic heterocycles. The lowest BCUT2D eigenvalue weighted by molar-refractivity contribution is -0.302. The molecule has 0 aromatic rings. The van der Waals surface area contributed by atoms with Crippen molar-refractivity contribution in [2.75, 3.05) is 13.2 Å². The van der Waals surface area contributed by atoms with E-state index in [-0.39, 0.29) is 12.5 Å². The fraction of sp³-hybridized carbons (Fsp3) is 0.986. The first kappa shape index (κ1) is 76.2. The maximum Gasteiger partial charge on any atom is 0.220 e. The molecule has 6 N–H and O–H groups in total. The minimum atomic E-state index is -1.55. The van der Waals surface area contributed by atoms with Gasteiger partial charge >= 0.3 is 0 Å². The van der Waals surface area contributed by atoms with E-state index in [1.54, 1.807) is 0 Å². The number of unbranched alkanes of at least 4 members (excludes halogenated alkanes) is 54. The van der Waals surface area contributed by atoms with Crippen molar-refractivity contribution in [2.45, 2.75) is 429 Å². The van der Waals surface area contributed by atoms with Gasteiger partial charge in [-0.15, -0.1) is 0 Å². The average molecular weight is 1120 g/mol. The van der Waals surface area contributed by atoms with Crippen molar-refractivity contribution in [3.63, 3.8) is 0 Å². The number of hydrogen-bond acceptors (Lipinski definition) is 8. The highest BCUT2D eigenvalue weighted by molar-refractivity contribution is 5.76. The predicted octanol–water partition coefficient (Wildman–Crippen LogP) is 19.3. The van der Waals surface area contributed by atoms with E-state index in [0.29, 0.717) is 12.8 Å². The lowest BCUT2D eigenvalue weighted by Gasteiger charge is -2.40. The van der Waals surface area contributed by atoms with Crippen molar-refractivity contribution < 1.29 is 39.8 Å². The molecule has 79 heavy (non-hydrogen) atoms. The number of aliphatic hydroxyl groups is 5. The Hall–Kier alpha value is -0.810. The van der Waals surface area contributed by atoms with Gasteiger partial charge in [0, 0.05) is 6.42 Å². The second kappa shape index (κ2) is 60.3. The molecule has 1 aliphatic rings. The van der Waals surface area contributed by atoms with E-state index >= 15 is 0 Å². The molecule has 1 saturated heterocycles. The maximum absolute atomic E-state index is 13.2. The Balaban J connectivity index is 2.09. The van der Waals surface area contributed by atoms with E-state index in [0.717, 1.165) is 38.5 Å². The molecule has 9 nitrogen and oxygen atoms in total. The quantitative estimate of drug-likeness (QED) is 0.0330. The third-order valence-electron chi connectivity index (χ3n) is 17.7. The number of amides is 1. The summed E-state index contributed by atoms with van der Waals surface area (Å²) >= 11 is 0. The number of aliphatic hydroxyl groups excluding tert-OH is 5. The third kappa shape index (κ3) is 49.2.